The van der Waals surface area contributed by atoms with Crippen LogP contribution in [-0.2, 0) is 13.0 Å². The lowest BCUT2D eigenvalue weighted by atomic mass is 10.3. The Hall–Kier alpha value is -0.660. The second kappa shape index (κ2) is 7.81. The zero-order chi connectivity index (χ0) is 13.0. The van der Waals surface area contributed by atoms with E-state index < -0.39 is 0 Å². The molecule has 0 bridgehead atoms. The van der Waals surface area contributed by atoms with Crippen molar-refractivity contribution >= 4 is 52.6 Å². The second-order valence-electron chi connectivity index (χ2n) is 3.54. The summed E-state index contributed by atoms with van der Waals surface area (Å²) in [6.45, 7) is 0.941. The van der Waals surface area contributed by atoms with Crippen LogP contribution in [0.3, 0.4) is 0 Å². The maximum Gasteiger partial charge on any atom is 0.270 e. The number of carbonyl (C=O) groups excluding carboxylic acids is 1. The summed E-state index contributed by atoms with van der Waals surface area (Å²) in [5, 5.41) is 5.31. The summed E-state index contributed by atoms with van der Waals surface area (Å²) in [4.78, 5) is 17.0. The fraction of sp³-hybridized carbons (Fsp3) is 0.273. The molecule has 0 aliphatic heterocycles. The van der Waals surface area contributed by atoms with Gasteiger partial charge in [0, 0.05) is 23.3 Å². The topological polar surface area (TPSA) is 68.0 Å². The van der Waals surface area contributed by atoms with Crippen LogP contribution in [0, 0.1) is 0 Å². The third-order valence-electron chi connectivity index (χ3n) is 2.24. The number of thiazole rings is 1. The zero-order valence-corrected chi connectivity index (χ0v) is 13.1. The van der Waals surface area contributed by atoms with E-state index >= 15 is 0 Å². The first kappa shape index (κ1) is 16.4. The Balaban J connectivity index is 0.00000180. The van der Waals surface area contributed by atoms with Crippen LogP contribution in [0.4, 0.5) is 0 Å². The van der Waals surface area contributed by atoms with Crippen LogP contribution < -0.4 is 11.1 Å². The summed E-state index contributed by atoms with van der Waals surface area (Å²) < 4.78 is 0.767. The molecule has 0 saturated carbocycles. The van der Waals surface area contributed by atoms with Crippen LogP contribution in [0.1, 0.15) is 20.4 Å². The van der Waals surface area contributed by atoms with Crippen LogP contribution >= 0.6 is 46.7 Å². The van der Waals surface area contributed by atoms with E-state index in [0.717, 1.165) is 20.6 Å². The van der Waals surface area contributed by atoms with E-state index in [1.54, 1.807) is 5.38 Å². The second-order valence-corrected chi connectivity index (χ2v) is 6.28. The molecule has 0 radical (unpaired) electrons. The fourth-order valence-corrected chi connectivity index (χ4v) is 3.13. The van der Waals surface area contributed by atoms with Gasteiger partial charge in [-0.05, 0) is 18.6 Å². The largest absolute Gasteiger partial charge is 0.350 e. The molecule has 0 saturated heterocycles. The van der Waals surface area contributed by atoms with E-state index in [1.165, 1.54) is 22.7 Å². The van der Waals surface area contributed by atoms with E-state index in [-0.39, 0.29) is 18.3 Å². The number of carbonyl (C=O) groups is 1. The molecule has 0 aliphatic carbocycles. The maximum atomic E-state index is 11.7. The van der Waals surface area contributed by atoms with Crippen molar-refractivity contribution < 1.29 is 4.79 Å². The highest BCUT2D eigenvalue weighted by molar-refractivity contribution is 7.16. The van der Waals surface area contributed by atoms with Crippen molar-refractivity contribution in [2.45, 2.75) is 13.0 Å². The number of hydrogen-bond acceptors (Lipinski definition) is 5. The Morgan fingerprint density at radius 3 is 2.84 bits per heavy atom. The first-order valence-electron chi connectivity index (χ1n) is 5.36. The van der Waals surface area contributed by atoms with E-state index in [4.69, 9.17) is 17.3 Å². The first-order valence-corrected chi connectivity index (χ1v) is 7.43. The number of nitrogens with one attached hydrogen (secondary N) is 1. The molecule has 2 aromatic heterocycles. The van der Waals surface area contributed by atoms with Crippen molar-refractivity contribution in [3.63, 3.8) is 0 Å². The monoisotopic (exact) mass is 337 g/mol. The summed E-state index contributed by atoms with van der Waals surface area (Å²) in [6.07, 6.45) is 0.775. The third kappa shape index (κ3) is 4.74. The van der Waals surface area contributed by atoms with Crippen molar-refractivity contribution in [2.75, 3.05) is 6.54 Å². The molecule has 2 aromatic rings. The van der Waals surface area contributed by atoms with Gasteiger partial charge in [-0.25, -0.2) is 4.98 Å². The normalized spacial score (nSPS) is 10.0. The van der Waals surface area contributed by atoms with Crippen molar-refractivity contribution in [1.82, 2.24) is 10.3 Å². The minimum absolute atomic E-state index is 0. The SMILES string of the molecule is Cl.NCc1nc(C(=O)NCCc2ccc(Cl)s2)cs1. The number of halogens is 2. The summed E-state index contributed by atoms with van der Waals surface area (Å²) in [5.74, 6) is -0.159. The first-order chi connectivity index (χ1) is 8.69. The highest BCUT2D eigenvalue weighted by Crippen LogP contribution is 2.21. The van der Waals surface area contributed by atoms with Gasteiger partial charge in [-0.1, -0.05) is 11.6 Å². The minimum atomic E-state index is -0.159. The van der Waals surface area contributed by atoms with E-state index in [0.29, 0.717) is 18.8 Å². The summed E-state index contributed by atoms with van der Waals surface area (Å²) in [7, 11) is 0. The van der Waals surface area contributed by atoms with Crippen LogP contribution in [0.2, 0.25) is 4.34 Å². The average molecular weight is 338 g/mol. The molecule has 0 unspecified atom stereocenters. The Kier molecular flexibility index (Phi) is 6.74. The molecule has 3 N–H and O–H groups in total. The number of thiophene rings is 1. The minimum Gasteiger partial charge on any atom is -0.350 e. The molecule has 0 spiro atoms. The van der Waals surface area contributed by atoms with E-state index in [9.17, 15) is 4.79 Å². The number of rotatable bonds is 5. The van der Waals surface area contributed by atoms with Gasteiger partial charge in [-0.3, -0.25) is 4.79 Å². The molecular weight excluding hydrogens is 325 g/mol. The van der Waals surface area contributed by atoms with Gasteiger partial charge < -0.3 is 11.1 Å². The quantitative estimate of drug-likeness (QED) is 0.881. The molecule has 4 nitrogen and oxygen atoms in total. The average Bonchev–Trinajstić information content (AvgIpc) is 2.98. The summed E-state index contributed by atoms with van der Waals surface area (Å²) >= 11 is 8.75. The molecule has 19 heavy (non-hydrogen) atoms. The molecule has 0 aromatic carbocycles. The van der Waals surface area contributed by atoms with Crippen molar-refractivity contribution in [3.05, 3.63) is 37.4 Å². The molecule has 104 valence electrons. The highest BCUT2D eigenvalue weighted by atomic mass is 35.5. The lowest BCUT2D eigenvalue weighted by Crippen LogP contribution is -2.25. The Morgan fingerprint density at radius 1 is 1.47 bits per heavy atom. The standard InChI is InChI=1S/C11H12ClN3OS2.ClH/c12-9-2-1-7(18-9)3-4-14-11(16)8-6-17-10(5-13)15-8;/h1-2,6H,3-5,13H2,(H,14,16);1H. The van der Waals surface area contributed by atoms with Gasteiger partial charge in [-0.2, -0.15) is 0 Å². The van der Waals surface area contributed by atoms with Gasteiger partial charge in [0.05, 0.1) is 4.34 Å². The highest BCUT2D eigenvalue weighted by Gasteiger charge is 2.09. The van der Waals surface area contributed by atoms with Crippen LogP contribution in [0.25, 0.3) is 0 Å². The third-order valence-corrected chi connectivity index (χ3v) is 4.41. The van der Waals surface area contributed by atoms with Gasteiger partial charge >= 0.3 is 0 Å². The number of nitrogens with two attached hydrogens (primary N) is 1. The zero-order valence-electron chi connectivity index (χ0n) is 9.89. The smallest absolute Gasteiger partial charge is 0.270 e. The van der Waals surface area contributed by atoms with Crippen molar-refractivity contribution in [2.24, 2.45) is 5.73 Å². The predicted octanol–water partition coefficient (Wildman–Crippen LogP) is 2.71. The molecule has 8 heteroatoms. The Morgan fingerprint density at radius 2 is 2.26 bits per heavy atom. The predicted molar refractivity (Wildman–Crippen MR) is 82.6 cm³/mol. The van der Waals surface area contributed by atoms with Crippen molar-refractivity contribution in [1.29, 1.82) is 0 Å². The lowest BCUT2D eigenvalue weighted by molar-refractivity contribution is 0.0950. The molecule has 0 fully saturated rings. The molecule has 0 atom stereocenters. The lowest BCUT2D eigenvalue weighted by Gasteiger charge is -2.01. The molecule has 2 rings (SSSR count). The molecule has 2 heterocycles. The van der Waals surface area contributed by atoms with Crippen LogP contribution in [0.5, 0.6) is 0 Å². The Labute approximate surface area is 130 Å². The summed E-state index contributed by atoms with van der Waals surface area (Å²) in [5.41, 5.74) is 5.88. The fourth-order valence-electron chi connectivity index (χ4n) is 1.38. The molecular formula is C11H13Cl2N3OS2. The van der Waals surface area contributed by atoms with Gasteiger partial charge in [0.25, 0.3) is 5.91 Å². The number of aromatic nitrogens is 1. The van der Waals surface area contributed by atoms with Gasteiger partial charge in [0.15, 0.2) is 0 Å². The Bertz CT molecular complexity index is 542. The van der Waals surface area contributed by atoms with Gasteiger partial charge in [0.1, 0.15) is 10.7 Å². The molecule has 1 amide bonds. The van der Waals surface area contributed by atoms with E-state index in [2.05, 4.69) is 10.3 Å². The number of nitrogens with zero attached hydrogens (tertiary/aromatic N) is 1. The van der Waals surface area contributed by atoms with Gasteiger partial charge in [-0.15, -0.1) is 35.1 Å². The van der Waals surface area contributed by atoms with Gasteiger partial charge in [0.2, 0.25) is 0 Å². The maximum absolute atomic E-state index is 11.7. The number of hydrogen-bond donors (Lipinski definition) is 2. The van der Waals surface area contributed by atoms with Crippen LogP contribution in [0.15, 0.2) is 17.5 Å². The summed E-state index contributed by atoms with van der Waals surface area (Å²) in [6, 6.07) is 3.83. The number of amides is 1. The van der Waals surface area contributed by atoms with Crippen LogP contribution in [-0.4, -0.2) is 17.4 Å². The van der Waals surface area contributed by atoms with Crippen molar-refractivity contribution in [3.8, 4) is 0 Å². The molecule has 0 aliphatic rings. The van der Waals surface area contributed by atoms with E-state index in [1.807, 2.05) is 12.1 Å².